The van der Waals surface area contributed by atoms with Crippen LogP contribution < -0.4 is 5.32 Å². The molecule has 1 saturated heterocycles. The Labute approximate surface area is 430 Å². The van der Waals surface area contributed by atoms with Crippen molar-refractivity contribution in [3.63, 3.8) is 0 Å². The molecule has 9 heteroatoms. The van der Waals surface area contributed by atoms with Crippen LogP contribution in [0.5, 0.6) is 0 Å². The minimum absolute atomic E-state index is 0.192. The summed E-state index contributed by atoms with van der Waals surface area (Å²) in [5.41, 5.74) is 0. The van der Waals surface area contributed by atoms with E-state index in [1.54, 1.807) is 6.08 Å². The van der Waals surface area contributed by atoms with Crippen molar-refractivity contribution < 1.29 is 39.8 Å². The van der Waals surface area contributed by atoms with Gasteiger partial charge >= 0.3 is 0 Å². The van der Waals surface area contributed by atoms with E-state index in [-0.39, 0.29) is 12.5 Å². The lowest BCUT2D eigenvalue weighted by Crippen LogP contribution is -2.60. The number of carbonyl (C=O) groups excluding carboxylic acids is 1. The molecular formula is C61H111NO8. The number of aliphatic hydroxyl groups excluding tert-OH is 5. The largest absolute Gasteiger partial charge is 0.394 e. The summed E-state index contributed by atoms with van der Waals surface area (Å²) in [5, 5.41) is 54.5. The summed E-state index contributed by atoms with van der Waals surface area (Å²) in [6.45, 7) is 3.77. The van der Waals surface area contributed by atoms with Gasteiger partial charge in [-0.25, -0.2) is 0 Å². The summed E-state index contributed by atoms with van der Waals surface area (Å²) in [5.74, 6) is -0.192. The first-order valence-electron chi connectivity index (χ1n) is 29.5. The average molecular weight is 987 g/mol. The van der Waals surface area contributed by atoms with Crippen LogP contribution in [-0.4, -0.2) is 87.5 Å². The molecule has 0 aromatic heterocycles. The third-order valence-corrected chi connectivity index (χ3v) is 13.8. The number of unbranched alkanes of at least 4 members (excludes halogenated alkanes) is 32. The number of hydrogen-bond acceptors (Lipinski definition) is 8. The molecule has 0 radical (unpaired) electrons. The van der Waals surface area contributed by atoms with E-state index in [0.717, 1.165) is 51.4 Å². The number of nitrogens with one attached hydrogen (secondary N) is 1. The monoisotopic (exact) mass is 986 g/mol. The van der Waals surface area contributed by atoms with Crippen LogP contribution in [0.1, 0.15) is 264 Å². The summed E-state index contributed by atoms with van der Waals surface area (Å²) >= 11 is 0. The first kappa shape index (κ1) is 65.9. The van der Waals surface area contributed by atoms with E-state index < -0.39 is 49.5 Å². The molecule has 0 aliphatic carbocycles. The van der Waals surface area contributed by atoms with Crippen molar-refractivity contribution in [3.8, 4) is 0 Å². The van der Waals surface area contributed by atoms with Crippen LogP contribution in [0.2, 0.25) is 0 Å². The van der Waals surface area contributed by atoms with Crippen molar-refractivity contribution in [2.75, 3.05) is 13.2 Å². The van der Waals surface area contributed by atoms with E-state index in [1.165, 1.54) is 193 Å². The molecular weight excluding hydrogens is 875 g/mol. The fourth-order valence-corrected chi connectivity index (χ4v) is 9.10. The van der Waals surface area contributed by atoms with Crippen LogP contribution in [0.3, 0.4) is 0 Å². The van der Waals surface area contributed by atoms with Crippen LogP contribution in [0.15, 0.2) is 60.8 Å². The van der Waals surface area contributed by atoms with Crippen LogP contribution in [-0.2, 0) is 14.3 Å². The predicted molar refractivity (Wildman–Crippen MR) is 295 cm³/mol. The molecule has 7 atom stereocenters. The lowest BCUT2D eigenvalue weighted by molar-refractivity contribution is -0.302. The Hall–Kier alpha value is -2.11. The maximum absolute atomic E-state index is 13.1. The summed E-state index contributed by atoms with van der Waals surface area (Å²) in [4.78, 5) is 13.1. The van der Waals surface area contributed by atoms with Crippen LogP contribution in [0.25, 0.3) is 0 Å². The number of rotatable bonds is 50. The Morgan fingerprint density at radius 1 is 0.486 bits per heavy atom. The zero-order chi connectivity index (χ0) is 50.8. The smallest absolute Gasteiger partial charge is 0.220 e. The molecule has 1 aliphatic heterocycles. The van der Waals surface area contributed by atoms with E-state index in [1.807, 2.05) is 6.08 Å². The highest BCUT2D eigenvalue weighted by Gasteiger charge is 2.44. The van der Waals surface area contributed by atoms with Crippen LogP contribution >= 0.6 is 0 Å². The van der Waals surface area contributed by atoms with Crippen molar-refractivity contribution in [1.82, 2.24) is 5.32 Å². The van der Waals surface area contributed by atoms with Gasteiger partial charge in [-0.3, -0.25) is 4.79 Å². The molecule has 6 N–H and O–H groups in total. The quantitative estimate of drug-likeness (QED) is 0.0261. The lowest BCUT2D eigenvalue weighted by Gasteiger charge is -2.40. The predicted octanol–water partition coefficient (Wildman–Crippen LogP) is 14.7. The second-order valence-electron chi connectivity index (χ2n) is 20.4. The summed E-state index contributed by atoms with van der Waals surface area (Å²) in [6.07, 6.45) is 61.4. The van der Waals surface area contributed by atoms with E-state index in [4.69, 9.17) is 9.47 Å². The Kier molecular flexibility index (Phi) is 47.5. The SMILES string of the molecule is CCCCCCC/C=C\C/C=C\CCCCCCCCCCCCCC(=O)NC(COC1OC(CO)C(O)C(O)C1O)C(O)/C=C/CC/C=C/CC/C=C/CCCCCCCCCCCCCCCC. The number of ether oxygens (including phenoxy) is 2. The number of aliphatic hydroxyl groups is 5. The molecule has 1 fully saturated rings. The van der Waals surface area contributed by atoms with Gasteiger partial charge in [-0.05, 0) is 77.0 Å². The molecule has 1 aliphatic rings. The van der Waals surface area contributed by atoms with Gasteiger partial charge in [0, 0.05) is 6.42 Å². The van der Waals surface area contributed by atoms with Gasteiger partial charge < -0.3 is 40.3 Å². The number of carbonyl (C=O) groups is 1. The van der Waals surface area contributed by atoms with Gasteiger partial charge in [-0.2, -0.15) is 0 Å². The Balaban J connectivity index is 2.27. The molecule has 9 nitrogen and oxygen atoms in total. The van der Waals surface area contributed by atoms with Crippen LogP contribution in [0.4, 0.5) is 0 Å². The Morgan fingerprint density at radius 3 is 1.29 bits per heavy atom. The van der Waals surface area contributed by atoms with Crippen molar-refractivity contribution in [2.24, 2.45) is 0 Å². The molecule has 408 valence electrons. The fraction of sp³-hybridized carbons (Fsp3) is 0.820. The highest BCUT2D eigenvalue weighted by atomic mass is 16.7. The van der Waals surface area contributed by atoms with Crippen LogP contribution in [0, 0.1) is 0 Å². The van der Waals surface area contributed by atoms with Gasteiger partial charge in [0.15, 0.2) is 6.29 Å². The molecule has 0 saturated carbocycles. The van der Waals surface area contributed by atoms with E-state index in [9.17, 15) is 30.3 Å². The summed E-state index contributed by atoms with van der Waals surface area (Å²) in [6, 6.07) is -0.832. The average Bonchev–Trinajstić information content (AvgIpc) is 3.36. The third kappa shape index (κ3) is 39.4. The first-order valence-corrected chi connectivity index (χ1v) is 29.5. The zero-order valence-electron chi connectivity index (χ0n) is 45.3. The normalized spacial score (nSPS) is 19.8. The second-order valence-corrected chi connectivity index (χ2v) is 20.4. The van der Waals surface area contributed by atoms with Gasteiger partial charge in [0.2, 0.25) is 5.91 Å². The van der Waals surface area contributed by atoms with Gasteiger partial charge in [-0.1, -0.05) is 242 Å². The fourth-order valence-electron chi connectivity index (χ4n) is 9.10. The number of amides is 1. The van der Waals surface area contributed by atoms with Crippen molar-refractivity contribution in [3.05, 3.63) is 60.8 Å². The number of allylic oxidation sites excluding steroid dienone is 9. The second kappa shape index (κ2) is 50.4. The minimum atomic E-state index is -1.58. The third-order valence-electron chi connectivity index (χ3n) is 13.8. The molecule has 70 heavy (non-hydrogen) atoms. The summed E-state index contributed by atoms with van der Waals surface area (Å²) in [7, 11) is 0. The highest BCUT2D eigenvalue weighted by Crippen LogP contribution is 2.23. The van der Waals surface area contributed by atoms with Gasteiger partial charge in [-0.15, -0.1) is 0 Å². The number of hydrogen-bond donors (Lipinski definition) is 6. The van der Waals surface area contributed by atoms with Crippen molar-refractivity contribution in [2.45, 2.75) is 307 Å². The maximum Gasteiger partial charge on any atom is 0.220 e. The van der Waals surface area contributed by atoms with E-state index in [2.05, 4.69) is 67.8 Å². The maximum atomic E-state index is 13.1. The van der Waals surface area contributed by atoms with Crippen molar-refractivity contribution >= 4 is 5.91 Å². The van der Waals surface area contributed by atoms with Gasteiger partial charge in [0.25, 0.3) is 0 Å². The Morgan fingerprint density at radius 2 is 0.857 bits per heavy atom. The molecule has 7 unspecified atom stereocenters. The molecule has 0 bridgehead atoms. The first-order chi connectivity index (χ1) is 34.3. The van der Waals surface area contributed by atoms with Gasteiger partial charge in [0.05, 0.1) is 25.4 Å². The standard InChI is InChI=1S/C61H111NO8/c1-3-5-7-9-11-13-15-17-19-21-23-25-27-29-30-32-34-36-38-40-42-44-46-48-50-55(64)54(53-69-61-60(68)59(67)58(66)56(52-63)70-61)62-57(65)51-49-47-45-43-41-39-37-35-33-31-28-26-24-22-20-18-16-14-12-10-8-6-4-2/h16,18,22,24,32,34,40,42,48,50,54-56,58-61,63-64,66-68H,3-15,17,19-21,23,25-31,33,35-39,41,43-47,49,51-53H2,1-2H3,(H,62,65)/b18-16-,24-22-,34-32+,42-40+,50-48+. The van der Waals surface area contributed by atoms with Gasteiger partial charge in [0.1, 0.15) is 24.4 Å². The highest BCUT2D eigenvalue weighted by molar-refractivity contribution is 5.76. The molecule has 0 aromatic carbocycles. The van der Waals surface area contributed by atoms with E-state index >= 15 is 0 Å². The molecule has 1 heterocycles. The Bertz CT molecular complexity index is 1280. The summed E-state index contributed by atoms with van der Waals surface area (Å²) < 4.78 is 11.3. The topological polar surface area (TPSA) is 149 Å². The van der Waals surface area contributed by atoms with E-state index in [0.29, 0.717) is 6.42 Å². The molecule has 1 amide bonds. The minimum Gasteiger partial charge on any atom is -0.394 e. The van der Waals surface area contributed by atoms with Crippen molar-refractivity contribution in [1.29, 1.82) is 0 Å². The zero-order valence-corrected chi connectivity index (χ0v) is 45.3. The molecule has 0 spiro atoms. The molecule has 0 aromatic rings. The lowest BCUT2D eigenvalue weighted by atomic mass is 9.99. The molecule has 1 rings (SSSR count).